The number of hydrogen-bond acceptors (Lipinski definition) is 1. The first-order valence-electron chi connectivity index (χ1n) is 6.95. The van der Waals surface area contributed by atoms with Gasteiger partial charge < -0.3 is 9.88 Å². The summed E-state index contributed by atoms with van der Waals surface area (Å²) < 4.78 is 2.01. The highest BCUT2D eigenvalue weighted by atomic mass is 16.2. The lowest BCUT2D eigenvalue weighted by Crippen LogP contribution is -2.34. The van der Waals surface area contributed by atoms with E-state index >= 15 is 0 Å². The van der Waals surface area contributed by atoms with Crippen molar-refractivity contribution in [2.45, 2.75) is 46.2 Å². The van der Waals surface area contributed by atoms with E-state index in [2.05, 4.69) is 44.3 Å². The molecule has 102 valence electrons. The Kier molecular flexibility index (Phi) is 4.25. The Morgan fingerprint density at radius 1 is 1.37 bits per heavy atom. The molecule has 1 N–H and O–H groups in total. The molecule has 1 heterocycles. The smallest absolute Gasteiger partial charge is 0.240 e. The van der Waals surface area contributed by atoms with Crippen LogP contribution in [0, 0.1) is 6.92 Å². The van der Waals surface area contributed by atoms with Gasteiger partial charge in [-0.2, -0.15) is 0 Å². The molecule has 1 amide bonds. The second kappa shape index (κ2) is 5.91. The van der Waals surface area contributed by atoms with Crippen molar-refractivity contribution < 1.29 is 4.79 Å². The third-order valence-electron chi connectivity index (χ3n) is 3.47. The predicted molar refractivity (Wildman–Crippen MR) is 79.2 cm³/mol. The number of benzene rings is 1. The van der Waals surface area contributed by atoms with E-state index in [0.29, 0.717) is 6.54 Å². The maximum Gasteiger partial charge on any atom is 0.240 e. The largest absolute Gasteiger partial charge is 0.352 e. The van der Waals surface area contributed by atoms with Crippen molar-refractivity contribution in [3.63, 3.8) is 0 Å². The lowest BCUT2D eigenvalue weighted by molar-refractivity contribution is -0.122. The topological polar surface area (TPSA) is 34.0 Å². The van der Waals surface area contributed by atoms with Gasteiger partial charge in [0.15, 0.2) is 0 Å². The van der Waals surface area contributed by atoms with Gasteiger partial charge in [0, 0.05) is 23.1 Å². The second-order valence-corrected chi connectivity index (χ2v) is 5.21. The van der Waals surface area contributed by atoms with Gasteiger partial charge >= 0.3 is 0 Å². The Morgan fingerprint density at radius 3 is 2.89 bits per heavy atom. The van der Waals surface area contributed by atoms with Crippen molar-refractivity contribution in [3.8, 4) is 0 Å². The molecule has 0 radical (unpaired) electrons. The number of fused-ring (bicyclic) bond motifs is 1. The molecule has 3 nitrogen and oxygen atoms in total. The van der Waals surface area contributed by atoms with Crippen LogP contribution in [-0.4, -0.2) is 16.5 Å². The van der Waals surface area contributed by atoms with Crippen LogP contribution in [0.4, 0.5) is 0 Å². The van der Waals surface area contributed by atoms with Crippen LogP contribution in [0.1, 0.15) is 32.3 Å². The molecule has 3 heteroatoms. The van der Waals surface area contributed by atoms with E-state index < -0.39 is 0 Å². The number of nitrogens with one attached hydrogen (secondary N) is 1. The lowest BCUT2D eigenvalue weighted by atomic mass is 10.1. The highest BCUT2D eigenvalue weighted by Gasteiger charge is 2.09. The van der Waals surface area contributed by atoms with Gasteiger partial charge in [-0.15, -0.1) is 0 Å². The summed E-state index contributed by atoms with van der Waals surface area (Å²) in [4.78, 5) is 12.0. The highest BCUT2D eigenvalue weighted by molar-refractivity contribution is 5.85. The van der Waals surface area contributed by atoms with Crippen molar-refractivity contribution in [2.24, 2.45) is 0 Å². The Morgan fingerprint density at radius 2 is 2.16 bits per heavy atom. The number of hydrogen-bond donors (Lipinski definition) is 1. The molecule has 0 aliphatic rings. The summed E-state index contributed by atoms with van der Waals surface area (Å²) in [6.07, 6.45) is 4.10. The summed E-state index contributed by atoms with van der Waals surface area (Å²) in [6.45, 7) is 6.67. The summed E-state index contributed by atoms with van der Waals surface area (Å²) in [5, 5.41) is 4.26. The molecule has 0 saturated carbocycles. The Hall–Kier alpha value is -1.77. The predicted octanol–water partition coefficient (Wildman–Crippen LogP) is 3.25. The van der Waals surface area contributed by atoms with Crippen LogP contribution >= 0.6 is 0 Å². The van der Waals surface area contributed by atoms with E-state index in [1.165, 1.54) is 10.9 Å². The Labute approximate surface area is 114 Å². The average molecular weight is 258 g/mol. The molecule has 0 aliphatic carbocycles. The van der Waals surface area contributed by atoms with E-state index in [0.717, 1.165) is 18.4 Å². The van der Waals surface area contributed by atoms with Crippen molar-refractivity contribution >= 4 is 16.8 Å². The summed E-state index contributed by atoms with van der Waals surface area (Å²) in [7, 11) is 0. The van der Waals surface area contributed by atoms with Crippen LogP contribution in [0.15, 0.2) is 30.5 Å². The molecule has 0 aliphatic heterocycles. The van der Waals surface area contributed by atoms with Gasteiger partial charge in [0.2, 0.25) is 5.91 Å². The molecule has 0 bridgehead atoms. The first-order valence-corrected chi connectivity index (χ1v) is 6.95. The molecule has 2 rings (SSSR count). The van der Waals surface area contributed by atoms with Crippen molar-refractivity contribution in [1.82, 2.24) is 9.88 Å². The fourth-order valence-corrected chi connectivity index (χ4v) is 2.50. The van der Waals surface area contributed by atoms with E-state index in [1.807, 2.05) is 16.8 Å². The summed E-state index contributed by atoms with van der Waals surface area (Å²) in [6, 6.07) is 8.52. The molecular formula is C16H22N2O. The zero-order chi connectivity index (χ0) is 13.8. The van der Waals surface area contributed by atoms with Gasteiger partial charge in [-0.25, -0.2) is 0 Å². The van der Waals surface area contributed by atoms with Crippen molar-refractivity contribution in [3.05, 3.63) is 36.0 Å². The minimum absolute atomic E-state index is 0.0833. The molecule has 1 aromatic heterocycles. The number of rotatable bonds is 5. The van der Waals surface area contributed by atoms with Crippen molar-refractivity contribution in [2.75, 3.05) is 0 Å². The van der Waals surface area contributed by atoms with Crippen LogP contribution in [0.25, 0.3) is 10.9 Å². The molecule has 0 saturated heterocycles. The fraction of sp³-hybridized carbons (Fsp3) is 0.438. The Balaban J connectivity index is 2.09. The zero-order valence-corrected chi connectivity index (χ0v) is 11.9. The van der Waals surface area contributed by atoms with Crippen molar-refractivity contribution in [1.29, 1.82) is 0 Å². The quantitative estimate of drug-likeness (QED) is 0.877. The minimum atomic E-state index is 0.0833. The standard InChI is InChI=1S/C16H22N2O/c1-4-6-13(3)17-16(19)11-18-10-9-14-12(2)7-5-8-15(14)18/h5,7-10,13H,4,6,11H2,1-3H3,(H,17,19). The zero-order valence-electron chi connectivity index (χ0n) is 11.9. The van der Waals surface area contributed by atoms with Crippen LogP contribution in [-0.2, 0) is 11.3 Å². The number of aromatic nitrogens is 1. The van der Waals surface area contributed by atoms with Gasteiger partial charge in [0.25, 0.3) is 0 Å². The molecule has 1 aromatic carbocycles. The van der Waals surface area contributed by atoms with Gasteiger partial charge in [0.05, 0.1) is 0 Å². The molecule has 0 spiro atoms. The number of carbonyl (C=O) groups excluding carboxylic acids is 1. The number of aryl methyl sites for hydroxylation is 1. The number of amides is 1. The van der Waals surface area contributed by atoms with Crippen LogP contribution in [0.3, 0.4) is 0 Å². The normalized spacial score (nSPS) is 12.6. The van der Waals surface area contributed by atoms with Gasteiger partial charge in [-0.05, 0) is 38.0 Å². The fourth-order valence-electron chi connectivity index (χ4n) is 2.50. The first kappa shape index (κ1) is 13.7. The number of carbonyl (C=O) groups is 1. The highest BCUT2D eigenvalue weighted by Crippen LogP contribution is 2.19. The summed E-state index contributed by atoms with van der Waals surface area (Å²) >= 11 is 0. The molecule has 1 unspecified atom stereocenters. The van der Waals surface area contributed by atoms with Gasteiger partial charge in [0.1, 0.15) is 6.54 Å². The van der Waals surface area contributed by atoms with Crippen LogP contribution in [0.2, 0.25) is 0 Å². The van der Waals surface area contributed by atoms with E-state index in [1.54, 1.807) is 0 Å². The maximum atomic E-state index is 12.0. The van der Waals surface area contributed by atoms with Gasteiger partial charge in [-0.1, -0.05) is 25.5 Å². The van der Waals surface area contributed by atoms with E-state index in [9.17, 15) is 4.79 Å². The second-order valence-electron chi connectivity index (χ2n) is 5.21. The van der Waals surface area contributed by atoms with Crippen LogP contribution in [0.5, 0.6) is 0 Å². The average Bonchev–Trinajstić information content (AvgIpc) is 2.74. The first-order chi connectivity index (χ1) is 9.11. The third-order valence-corrected chi connectivity index (χ3v) is 3.47. The summed E-state index contributed by atoms with van der Waals surface area (Å²) in [5.74, 6) is 0.0833. The summed E-state index contributed by atoms with van der Waals surface area (Å²) in [5.41, 5.74) is 2.37. The minimum Gasteiger partial charge on any atom is -0.352 e. The van der Waals surface area contributed by atoms with E-state index in [4.69, 9.17) is 0 Å². The number of nitrogens with zero attached hydrogens (tertiary/aromatic N) is 1. The van der Waals surface area contributed by atoms with E-state index in [-0.39, 0.29) is 11.9 Å². The monoisotopic (exact) mass is 258 g/mol. The Bertz CT molecular complexity index is 571. The SMILES string of the molecule is CCCC(C)NC(=O)Cn1ccc2c(C)cccc21. The molecule has 2 aromatic rings. The molecule has 19 heavy (non-hydrogen) atoms. The molecule has 1 atom stereocenters. The maximum absolute atomic E-state index is 12.0. The molecular weight excluding hydrogens is 236 g/mol. The molecule has 0 fully saturated rings. The van der Waals surface area contributed by atoms with Gasteiger partial charge in [-0.3, -0.25) is 4.79 Å². The van der Waals surface area contributed by atoms with Crippen LogP contribution < -0.4 is 5.32 Å². The third kappa shape index (κ3) is 3.16. The lowest BCUT2D eigenvalue weighted by Gasteiger charge is -2.13.